The number of nitrogens with zero attached hydrogens (tertiary/aromatic N) is 2. The molecular weight excluding hydrogens is 562 g/mol. The van der Waals surface area contributed by atoms with Crippen molar-refractivity contribution in [3.8, 4) is 11.1 Å². The Kier molecular flexibility index (Phi) is 7.46. The van der Waals surface area contributed by atoms with E-state index < -0.39 is 52.9 Å². The van der Waals surface area contributed by atoms with E-state index >= 15 is 0 Å². The summed E-state index contributed by atoms with van der Waals surface area (Å²) in [5.74, 6) is -3.73. The number of aromatic nitrogens is 2. The molecule has 5 aromatic rings. The molecule has 3 N–H and O–H groups in total. The van der Waals surface area contributed by atoms with Gasteiger partial charge in [-0.25, -0.2) is 18.0 Å². The second-order valence-electron chi connectivity index (χ2n) is 9.40. The fraction of sp³-hybridized carbons (Fsp3) is 0.100. The normalized spacial score (nSPS) is 12.3. The monoisotopic (exact) mass is 582 g/mol. The SMILES string of the molecule is NC(=O)c1cc(-c2cccnc2[C@H](Cc2cc(F)cc(F)c2)NC(=O)n2c(C(F)(F)F)cc3ccccc32)ccc1F. The molecule has 0 aliphatic heterocycles. The van der Waals surface area contributed by atoms with Crippen LogP contribution in [0.15, 0.2) is 85.1 Å². The van der Waals surface area contributed by atoms with Crippen LogP contribution in [0.1, 0.15) is 33.4 Å². The van der Waals surface area contributed by atoms with E-state index in [4.69, 9.17) is 5.73 Å². The number of hydrogen-bond donors (Lipinski definition) is 2. The highest BCUT2D eigenvalue weighted by Gasteiger charge is 2.37. The fourth-order valence-corrected chi connectivity index (χ4v) is 4.80. The number of amides is 2. The largest absolute Gasteiger partial charge is 0.431 e. The average Bonchev–Trinajstić information content (AvgIpc) is 3.33. The van der Waals surface area contributed by atoms with Gasteiger partial charge >= 0.3 is 12.2 Å². The van der Waals surface area contributed by atoms with Gasteiger partial charge in [-0.1, -0.05) is 30.3 Å². The highest BCUT2D eigenvalue weighted by Crippen LogP contribution is 2.35. The van der Waals surface area contributed by atoms with Gasteiger partial charge in [-0.3, -0.25) is 14.3 Å². The second-order valence-corrected chi connectivity index (χ2v) is 9.40. The van der Waals surface area contributed by atoms with Gasteiger partial charge in [0.05, 0.1) is 22.8 Å². The van der Waals surface area contributed by atoms with E-state index in [9.17, 15) is 35.9 Å². The first-order chi connectivity index (χ1) is 19.9. The van der Waals surface area contributed by atoms with Crippen LogP contribution >= 0.6 is 0 Å². The van der Waals surface area contributed by atoms with Crippen LogP contribution in [0, 0.1) is 17.5 Å². The smallest absolute Gasteiger partial charge is 0.366 e. The van der Waals surface area contributed by atoms with Crippen LogP contribution in [0.5, 0.6) is 0 Å². The molecule has 0 radical (unpaired) electrons. The third kappa shape index (κ3) is 5.69. The van der Waals surface area contributed by atoms with Crippen LogP contribution in [0.4, 0.5) is 31.1 Å². The first-order valence-corrected chi connectivity index (χ1v) is 12.4. The molecule has 0 saturated heterocycles. The summed E-state index contributed by atoms with van der Waals surface area (Å²) < 4.78 is 84.8. The number of carbonyl (C=O) groups excluding carboxylic acids is 2. The maximum atomic E-state index is 14.2. The van der Waals surface area contributed by atoms with Gasteiger partial charge < -0.3 is 11.1 Å². The zero-order valence-corrected chi connectivity index (χ0v) is 21.4. The molecule has 6 nitrogen and oxygen atoms in total. The molecule has 2 amide bonds. The molecule has 0 fully saturated rings. The fourth-order valence-electron chi connectivity index (χ4n) is 4.80. The van der Waals surface area contributed by atoms with Crippen molar-refractivity contribution in [3.63, 3.8) is 0 Å². The lowest BCUT2D eigenvalue weighted by Gasteiger charge is -2.23. The Morgan fingerprint density at radius 1 is 0.905 bits per heavy atom. The minimum atomic E-state index is -4.90. The van der Waals surface area contributed by atoms with Crippen molar-refractivity contribution < 1.29 is 35.9 Å². The molecule has 2 aromatic heterocycles. The Labute approximate surface area is 234 Å². The van der Waals surface area contributed by atoms with Gasteiger partial charge in [-0.2, -0.15) is 13.2 Å². The molecule has 1 atom stereocenters. The molecule has 0 aliphatic rings. The van der Waals surface area contributed by atoms with Crippen molar-refractivity contribution in [1.29, 1.82) is 0 Å². The van der Waals surface area contributed by atoms with Crippen molar-refractivity contribution in [1.82, 2.24) is 14.9 Å². The van der Waals surface area contributed by atoms with Gasteiger partial charge in [0.15, 0.2) is 0 Å². The number of nitrogens with one attached hydrogen (secondary N) is 1. The number of alkyl halides is 3. The lowest BCUT2D eigenvalue weighted by Crippen LogP contribution is -2.36. The van der Waals surface area contributed by atoms with Gasteiger partial charge in [0, 0.05) is 23.2 Å². The summed E-state index contributed by atoms with van der Waals surface area (Å²) >= 11 is 0. The summed E-state index contributed by atoms with van der Waals surface area (Å²) in [5.41, 5.74) is 4.25. The van der Waals surface area contributed by atoms with Crippen LogP contribution in [-0.4, -0.2) is 21.5 Å². The van der Waals surface area contributed by atoms with Gasteiger partial charge in [0.2, 0.25) is 0 Å². The summed E-state index contributed by atoms with van der Waals surface area (Å²) in [6.07, 6.45) is -3.85. The number of nitrogens with two attached hydrogens (primary N) is 1. The predicted octanol–water partition coefficient (Wildman–Crippen LogP) is 6.78. The molecule has 0 saturated carbocycles. The first-order valence-electron chi connectivity index (χ1n) is 12.4. The Morgan fingerprint density at radius 2 is 1.62 bits per heavy atom. The Balaban J connectivity index is 1.65. The number of hydrogen-bond acceptors (Lipinski definition) is 3. The zero-order chi connectivity index (χ0) is 30.2. The summed E-state index contributed by atoms with van der Waals surface area (Å²) in [7, 11) is 0. The van der Waals surface area contributed by atoms with Crippen molar-refractivity contribution in [2.45, 2.75) is 18.6 Å². The van der Waals surface area contributed by atoms with E-state index in [1.165, 1.54) is 54.7 Å². The van der Waals surface area contributed by atoms with E-state index in [0.29, 0.717) is 10.6 Å². The van der Waals surface area contributed by atoms with E-state index in [1.54, 1.807) is 0 Å². The number of fused-ring (bicyclic) bond motifs is 1. The van der Waals surface area contributed by atoms with Crippen molar-refractivity contribution in [2.24, 2.45) is 5.73 Å². The Bertz CT molecular complexity index is 1810. The van der Waals surface area contributed by atoms with Gasteiger partial charge in [-0.05, 0) is 60.0 Å². The molecule has 12 heteroatoms. The quantitative estimate of drug-likeness (QED) is 0.216. The summed E-state index contributed by atoms with van der Waals surface area (Å²) in [4.78, 5) is 29.7. The van der Waals surface area contributed by atoms with Crippen LogP contribution in [0.2, 0.25) is 0 Å². The maximum absolute atomic E-state index is 14.2. The number of carbonyl (C=O) groups is 2. The van der Waals surface area contributed by atoms with E-state index in [-0.39, 0.29) is 39.7 Å². The molecular formula is C30H20F6N4O2. The van der Waals surface area contributed by atoms with E-state index in [1.807, 2.05) is 0 Å². The van der Waals surface area contributed by atoms with Gasteiger partial charge in [0.25, 0.3) is 5.91 Å². The summed E-state index contributed by atoms with van der Waals surface area (Å²) in [5, 5.41) is 2.70. The molecule has 3 aromatic carbocycles. The standard InChI is InChI=1S/C30H20F6N4O2/c31-19-10-16(11-20(32)15-19)12-24(27-21(5-3-9-38-27)17-7-8-23(33)22(13-17)28(37)41)39-29(42)40-25-6-2-1-4-18(25)14-26(40)30(34,35)36/h1-11,13-15,24H,12H2,(H2,37,41)(H,39,42)/t24-/m0/s1. The van der Waals surface area contributed by atoms with E-state index in [0.717, 1.165) is 24.3 Å². The summed E-state index contributed by atoms with van der Waals surface area (Å²) in [6, 6.07) is 13.4. The van der Waals surface area contributed by atoms with Crippen molar-refractivity contribution in [2.75, 3.05) is 0 Å². The average molecular weight is 583 g/mol. The summed E-state index contributed by atoms with van der Waals surface area (Å²) in [6.45, 7) is 0. The molecule has 42 heavy (non-hydrogen) atoms. The topological polar surface area (TPSA) is 90.0 Å². The van der Waals surface area contributed by atoms with Crippen molar-refractivity contribution in [3.05, 3.63) is 125 Å². The zero-order valence-electron chi connectivity index (χ0n) is 21.4. The Morgan fingerprint density at radius 3 is 2.31 bits per heavy atom. The molecule has 0 bridgehead atoms. The Hall–Kier alpha value is -5.13. The first kappa shape index (κ1) is 28.4. The number of primary amides is 1. The maximum Gasteiger partial charge on any atom is 0.431 e. The predicted molar refractivity (Wildman–Crippen MR) is 142 cm³/mol. The number of benzene rings is 3. The third-order valence-corrected chi connectivity index (χ3v) is 6.58. The lowest BCUT2D eigenvalue weighted by molar-refractivity contribution is -0.142. The minimum absolute atomic E-state index is 0.0243. The van der Waals surface area contributed by atoms with E-state index in [2.05, 4.69) is 10.3 Å². The van der Waals surface area contributed by atoms with Gasteiger partial charge in [0.1, 0.15) is 23.1 Å². The molecule has 0 unspecified atom stereocenters. The van der Waals surface area contributed by atoms with Crippen LogP contribution in [0.25, 0.3) is 22.0 Å². The van der Waals surface area contributed by atoms with Crippen LogP contribution in [0.3, 0.4) is 0 Å². The lowest BCUT2D eigenvalue weighted by atomic mass is 9.94. The molecule has 0 aliphatic carbocycles. The number of rotatable bonds is 6. The minimum Gasteiger partial charge on any atom is -0.366 e. The van der Waals surface area contributed by atoms with Crippen LogP contribution < -0.4 is 11.1 Å². The third-order valence-electron chi connectivity index (χ3n) is 6.58. The number of para-hydroxylation sites is 1. The highest BCUT2D eigenvalue weighted by molar-refractivity contribution is 5.95. The van der Waals surface area contributed by atoms with Gasteiger partial charge in [-0.15, -0.1) is 0 Å². The van der Waals surface area contributed by atoms with Crippen molar-refractivity contribution >= 4 is 22.8 Å². The number of pyridine rings is 1. The number of halogens is 6. The second kappa shape index (κ2) is 11.0. The molecule has 5 rings (SSSR count). The van der Waals surface area contributed by atoms with Crippen LogP contribution in [-0.2, 0) is 12.6 Å². The molecule has 0 spiro atoms. The molecule has 2 heterocycles. The molecule has 214 valence electrons. The highest BCUT2D eigenvalue weighted by atomic mass is 19.4.